The quantitative estimate of drug-likeness (QED) is 0.653. The van der Waals surface area contributed by atoms with Gasteiger partial charge in [-0.3, -0.25) is 0 Å². The van der Waals surface area contributed by atoms with Crippen LogP contribution in [0.2, 0.25) is 0 Å². The van der Waals surface area contributed by atoms with Gasteiger partial charge in [0.1, 0.15) is 5.75 Å². The van der Waals surface area contributed by atoms with E-state index in [-0.39, 0.29) is 0 Å². The van der Waals surface area contributed by atoms with Crippen LogP contribution in [0.15, 0.2) is 54.7 Å². The van der Waals surface area contributed by atoms with E-state index in [1.807, 2.05) is 31.3 Å². The van der Waals surface area contributed by atoms with Crippen molar-refractivity contribution in [1.29, 1.82) is 0 Å². The number of ether oxygens (including phenoxy) is 1. The summed E-state index contributed by atoms with van der Waals surface area (Å²) in [4.78, 5) is 14.4. The molecule has 0 saturated carbocycles. The monoisotopic (exact) mass is 388 g/mol. The highest BCUT2D eigenvalue weighted by Crippen LogP contribution is 2.36. The fourth-order valence-corrected chi connectivity index (χ4v) is 3.63. The minimum absolute atomic E-state index is 0.622. The molecular weight excluding hydrogens is 360 g/mol. The first-order valence-corrected chi connectivity index (χ1v) is 10.3. The zero-order chi connectivity index (χ0) is 20.2. The molecule has 2 heterocycles. The van der Waals surface area contributed by atoms with Gasteiger partial charge in [0, 0.05) is 49.1 Å². The van der Waals surface area contributed by atoms with Crippen LogP contribution in [0, 0.1) is 6.92 Å². The van der Waals surface area contributed by atoms with E-state index in [4.69, 9.17) is 14.7 Å². The van der Waals surface area contributed by atoms with Gasteiger partial charge >= 0.3 is 0 Å². The third-order valence-corrected chi connectivity index (χ3v) is 5.36. The van der Waals surface area contributed by atoms with Gasteiger partial charge in [0.05, 0.1) is 12.3 Å². The highest BCUT2D eigenvalue weighted by Gasteiger charge is 2.20. The van der Waals surface area contributed by atoms with E-state index in [0.717, 1.165) is 60.3 Å². The van der Waals surface area contributed by atoms with Gasteiger partial charge in [0.2, 0.25) is 5.95 Å². The van der Waals surface area contributed by atoms with Gasteiger partial charge in [-0.25, -0.2) is 9.97 Å². The maximum absolute atomic E-state index is 5.89. The summed E-state index contributed by atoms with van der Waals surface area (Å²) in [6.45, 7) is 8.67. The molecule has 5 nitrogen and oxygen atoms in total. The molecule has 3 aromatic rings. The lowest BCUT2D eigenvalue weighted by Gasteiger charge is -2.32. The van der Waals surface area contributed by atoms with Crippen molar-refractivity contribution in [3.63, 3.8) is 0 Å². The van der Waals surface area contributed by atoms with Crippen LogP contribution in [-0.4, -0.2) is 54.7 Å². The van der Waals surface area contributed by atoms with Gasteiger partial charge in [-0.05, 0) is 27.0 Å². The Labute approximate surface area is 173 Å². The summed E-state index contributed by atoms with van der Waals surface area (Å²) >= 11 is 0. The summed E-state index contributed by atoms with van der Waals surface area (Å²) in [7, 11) is 2.16. The Kier molecular flexibility index (Phi) is 5.76. The summed E-state index contributed by atoms with van der Waals surface area (Å²) in [6.07, 6.45) is 1.95. The van der Waals surface area contributed by atoms with Crippen LogP contribution in [0.3, 0.4) is 0 Å². The normalized spacial score (nSPS) is 14.8. The van der Waals surface area contributed by atoms with Crippen LogP contribution in [0.25, 0.3) is 22.4 Å². The zero-order valence-electron chi connectivity index (χ0n) is 17.4. The predicted octanol–water partition coefficient (Wildman–Crippen LogP) is 4.27. The second-order valence-corrected chi connectivity index (χ2v) is 7.52. The maximum atomic E-state index is 5.89. The molecule has 150 valence electrons. The van der Waals surface area contributed by atoms with E-state index in [1.54, 1.807) is 0 Å². The Morgan fingerprint density at radius 2 is 1.66 bits per heavy atom. The molecule has 4 rings (SSSR count). The molecule has 1 aliphatic heterocycles. The molecule has 0 amide bonds. The summed E-state index contributed by atoms with van der Waals surface area (Å²) in [6, 6.07) is 16.7. The number of hydrogen-bond acceptors (Lipinski definition) is 5. The largest absolute Gasteiger partial charge is 0.493 e. The van der Waals surface area contributed by atoms with E-state index in [9.17, 15) is 0 Å². The molecule has 29 heavy (non-hydrogen) atoms. The maximum Gasteiger partial charge on any atom is 0.225 e. The Bertz CT molecular complexity index is 963. The average Bonchev–Trinajstić information content (AvgIpc) is 2.75. The van der Waals surface area contributed by atoms with Gasteiger partial charge in [-0.15, -0.1) is 0 Å². The Balaban J connectivity index is 1.81. The minimum atomic E-state index is 0.622. The number of para-hydroxylation sites is 1. The first-order valence-electron chi connectivity index (χ1n) is 10.3. The van der Waals surface area contributed by atoms with E-state index >= 15 is 0 Å². The fourth-order valence-electron chi connectivity index (χ4n) is 3.63. The van der Waals surface area contributed by atoms with Crippen LogP contribution < -0.4 is 9.64 Å². The number of hydrogen-bond donors (Lipinski definition) is 0. The van der Waals surface area contributed by atoms with Crippen LogP contribution in [0.5, 0.6) is 5.75 Å². The summed E-state index contributed by atoms with van der Waals surface area (Å²) in [5.74, 6) is 1.66. The van der Waals surface area contributed by atoms with Crippen molar-refractivity contribution in [3.05, 3.63) is 60.3 Å². The zero-order valence-corrected chi connectivity index (χ0v) is 17.4. The van der Waals surface area contributed by atoms with Crippen molar-refractivity contribution in [1.82, 2.24) is 14.9 Å². The van der Waals surface area contributed by atoms with Crippen LogP contribution in [0.1, 0.15) is 12.5 Å². The number of rotatable bonds is 5. The molecule has 0 radical (unpaired) electrons. The van der Waals surface area contributed by atoms with E-state index in [2.05, 4.69) is 54.1 Å². The molecule has 1 aliphatic rings. The van der Waals surface area contributed by atoms with E-state index < -0.39 is 0 Å². The number of benzene rings is 2. The summed E-state index contributed by atoms with van der Waals surface area (Å²) < 4.78 is 5.89. The Hall–Kier alpha value is -2.92. The summed E-state index contributed by atoms with van der Waals surface area (Å²) in [5.41, 5.74) is 5.29. The molecule has 1 saturated heterocycles. The number of likely N-dealkylation sites (N-methyl/N-ethyl adjacent to an activating group) is 1. The number of aromatic nitrogens is 2. The Morgan fingerprint density at radius 1 is 0.931 bits per heavy atom. The highest BCUT2D eigenvalue weighted by molar-refractivity contribution is 5.84. The lowest BCUT2D eigenvalue weighted by Crippen LogP contribution is -2.45. The lowest BCUT2D eigenvalue weighted by molar-refractivity contribution is 0.311. The second kappa shape index (κ2) is 8.62. The third kappa shape index (κ3) is 4.25. The second-order valence-electron chi connectivity index (χ2n) is 7.52. The molecule has 2 aromatic carbocycles. The molecule has 0 bridgehead atoms. The number of piperazine rings is 1. The molecule has 0 spiro atoms. The van der Waals surface area contributed by atoms with Crippen molar-refractivity contribution >= 4 is 5.95 Å². The molecule has 0 N–H and O–H groups in total. The van der Waals surface area contributed by atoms with Gasteiger partial charge in [0.25, 0.3) is 0 Å². The molecule has 0 atom stereocenters. The summed E-state index contributed by atoms with van der Waals surface area (Å²) in [5, 5.41) is 0. The van der Waals surface area contributed by atoms with Crippen molar-refractivity contribution in [2.24, 2.45) is 0 Å². The molecule has 5 heteroatoms. The number of nitrogens with zero attached hydrogens (tertiary/aromatic N) is 4. The minimum Gasteiger partial charge on any atom is -0.493 e. The van der Waals surface area contributed by atoms with Crippen molar-refractivity contribution < 1.29 is 4.74 Å². The molecule has 1 fully saturated rings. The first-order chi connectivity index (χ1) is 14.2. The standard InChI is InChI=1S/C24H28N4O/c1-4-29-22-8-6-5-7-20(22)21-17-25-24(28-15-13-27(3)14-16-28)26-23(21)19-11-9-18(2)10-12-19/h5-12,17H,4,13-16H2,1-3H3. The molecule has 0 unspecified atom stereocenters. The smallest absolute Gasteiger partial charge is 0.225 e. The van der Waals surface area contributed by atoms with Gasteiger partial charge in [0.15, 0.2) is 0 Å². The van der Waals surface area contributed by atoms with Crippen LogP contribution in [0.4, 0.5) is 5.95 Å². The van der Waals surface area contributed by atoms with Gasteiger partial charge in [-0.2, -0.15) is 0 Å². The molecule has 0 aliphatic carbocycles. The number of aryl methyl sites for hydroxylation is 1. The Morgan fingerprint density at radius 3 is 2.38 bits per heavy atom. The molecular formula is C24H28N4O. The topological polar surface area (TPSA) is 41.5 Å². The van der Waals surface area contributed by atoms with Crippen molar-refractivity contribution in [3.8, 4) is 28.1 Å². The third-order valence-electron chi connectivity index (χ3n) is 5.36. The van der Waals surface area contributed by atoms with Gasteiger partial charge in [-0.1, -0.05) is 48.0 Å². The fraction of sp³-hybridized carbons (Fsp3) is 0.333. The first kappa shape index (κ1) is 19.4. The number of anilines is 1. The highest BCUT2D eigenvalue weighted by atomic mass is 16.5. The van der Waals surface area contributed by atoms with E-state index in [0.29, 0.717) is 6.61 Å². The van der Waals surface area contributed by atoms with Crippen molar-refractivity contribution in [2.75, 3.05) is 44.7 Å². The van der Waals surface area contributed by atoms with Crippen LogP contribution in [-0.2, 0) is 0 Å². The van der Waals surface area contributed by atoms with Gasteiger partial charge < -0.3 is 14.5 Å². The van der Waals surface area contributed by atoms with Crippen LogP contribution >= 0.6 is 0 Å². The van der Waals surface area contributed by atoms with Crippen molar-refractivity contribution in [2.45, 2.75) is 13.8 Å². The molecule has 1 aromatic heterocycles. The lowest BCUT2D eigenvalue weighted by atomic mass is 9.99. The predicted molar refractivity (Wildman–Crippen MR) is 119 cm³/mol. The SMILES string of the molecule is CCOc1ccccc1-c1cnc(N2CCN(C)CC2)nc1-c1ccc(C)cc1. The average molecular weight is 389 g/mol. The van der Waals surface area contributed by atoms with E-state index in [1.165, 1.54) is 5.56 Å².